The van der Waals surface area contributed by atoms with Gasteiger partial charge in [-0.2, -0.15) is 13.4 Å². The van der Waals surface area contributed by atoms with Gasteiger partial charge in [-0.15, -0.1) is 9.19 Å². The SMILES string of the molecule is O=S(=O)(c1ccccc1)n1nc(NCc2cccc(Br)c2)nc1NCc1cccc(Br)c1. The zero-order valence-corrected chi connectivity index (χ0v) is 20.7. The lowest BCUT2D eigenvalue weighted by molar-refractivity contribution is 0.580. The minimum atomic E-state index is -3.93. The number of nitrogens with one attached hydrogen (secondary N) is 2. The Balaban J connectivity index is 1.63. The Morgan fingerprint density at radius 1 is 0.781 bits per heavy atom. The first-order valence-corrected chi connectivity index (χ1v) is 12.7. The van der Waals surface area contributed by atoms with Crippen LogP contribution in [0.4, 0.5) is 11.9 Å². The summed E-state index contributed by atoms with van der Waals surface area (Å²) in [6, 6.07) is 23.7. The van der Waals surface area contributed by atoms with E-state index in [2.05, 4.69) is 52.6 Å². The molecule has 0 aliphatic carbocycles. The molecule has 4 aromatic rings. The van der Waals surface area contributed by atoms with Crippen LogP contribution < -0.4 is 10.6 Å². The van der Waals surface area contributed by atoms with Crippen molar-refractivity contribution in [2.45, 2.75) is 18.0 Å². The average Bonchev–Trinajstić information content (AvgIpc) is 3.21. The van der Waals surface area contributed by atoms with Gasteiger partial charge in [-0.3, -0.25) is 0 Å². The van der Waals surface area contributed by atoms with Crippen LogP contribution in [0.15, 0.2) is 92.7 Å². The van der Waals surface area contributed by atoms with Crippen molar-refractivity contribution in [3.63, 3.8) is 0 Å². The molecule has 0 saturated heterocycles. The van der Waals surface area contributed by atoms with Crippen molar-refractivity contribution in [3.05, 3.63) is 98.9 Å². The van der Waals surface area contributed by atoms with Gasteiger partial charge in [0.05, 0.1) is 4.90 Å². The van der Waals surface area contributed by atoms with Gasteiger partial charge in [0, 0.05) is 22.0 Å². The van der Waals surface area contributed by atoms with Crippen LogP contribution in [-0.4, -0.2) is 22.6 Å². The lowest BCUT2D eigenvalue weighted by atomic mass is 10.2. The molecule has 0 unspecified atom stereocenters. The molecule has 164 valence electrons. The van der Waals surface area contributed by atoms with E-state index < -0.39 is 10.0 Å². The Hall–Kier alpha value is -2.69. The summed E-state index contributed by atoms with van der Waals surface area (Å²) in [4.78, 5) is 4.54. The highest BCUT2D eigenvalue weighted by molar-refractivity contribution is 9.10. The number of halogens is 2. The number of anilines is 2. The van der Waals surface area contributed by atoms with Gasteiger partial charge in [-0.05, 0) is 47.5 Å². The molecule has 1 aromatic heterocycles. The summed E-state index contributed by atoms with van der Waals surface area (Å²) >= 11 is 6.89. The third-order valence-electron chi connectivity index (χ3n) is 4.53. The molecule has 10 heteroatoms. The first kappa shape index (κ1) is 22.5. The topological polar surface area (TPSA) is 88.9 Å². The third kappa shape index (κ3) is 5.37. The highest BCUT2D eigenvalue weighted by Gasteiger charge is 2.24. The fourth-order valence-electron chi connectivity index (χ4n) is 3.00. The van der Waals surface area contributed by atoms with Gasteiger partial charge < -0.3 is 10.6 Å². The van der Waals surface area contributed by atoms with E-state index in [1.54, 1.807) is 18.2 Å². The van der Waals surface area contributed by atoms with Gasteiger partial charge in [0.1, 0.15) is 0 Å². The Morgan fingerprint density at radius 2 is 1.38 bits per heavy atom. The monoisotopic (exact) mass is 575 g/mol. The van der Waals surface area contributed by atoms with Crippen LogP contribution in [0, 0.1) is 0 Å². The minimum absolute atomic E-state index is 0.130. The normalized spacial score (nSPS) is 11.3. The van der Waals surface area contributed by atoms with Crippen LogP contribution in [0.25, 0.3) is 0 Å². The Morgan fingerprint density at radius 3 is 1.97 bits per heavy atom. The summed E-state index contributed by atoms with van der Waals surface area (Å²) in [7, 11) is -3.93. The van der Waals surface area contributed by atoms with Crippen molar-refractivity contribution in [2.75, 3.05) is 10.6 Å². The van der Waals surface area contributed by atoms with E-state index in [4.69, 9.17) is 0 Å². The molecule has 0 saturated carbocycles. The quantitative estimate of drug-likeness (QED) is 0.297. The molecule has 0 aliphatic heterocycles. The number of benzene rings is 3. The third-order valence-corrected chi connectivity index (χ3v) is 7.09. The zero-order chi connectivity index (χ0) is 22.6. The number of aromatic nitrogens is 3. The summed E-state index contributed by atoms with van der Waals surface area (Å²) in [6.07, 6.45) is 0. The van der Waals surface area contributed by atoms with Crippen molar-refractivity contribution in [1.82, 2.24) is 14.2 Å². The standard InChI is InChI=1S/C22H19Br2N5O2S/c23-18-8-4-6-16(12-18)14-25-21-27-22(26-15-17-7-5-9-19(24)13-17)29(28-21)32(30,31)20-10-2-1-3-11-20/h1-13H,14-15H2,(H2,25,26,27,28). The Bertz CT molecular complexity index is 1330. The van der Waals surface area contributed by atoms with Crippen LogP contribution in [0.3, 0.4) is 0 Å². The van der Waals surface area contributed by atoms with Gasteiger partial charge in [0.25, 0.3) is 10.0 Å². The van der Waals surface area contributed by atoms with Crippen LogP contribution in [0.1, 0.15) is 11.1 Å². The van der Waals surface area contributed by atoms with Crippen molar-refractivity contribution in [2.24, 2.45) is 0 Å². The second-order valence-electron chi connectivity index (χ2n) is 6.89. The summed E-state index contributed by atoms with van der Waals surface area (Å²) < 4.78 is 29.3. The van der Waals surface area contributed by atoms with Crippen molar-refractivity contribution < 1.29 is 8.42 Å². The fraction of sp³-hybridized carbons (Fsp3) is 0.0909. The van der Waals surface area contributed by atoms with Gasteiger partial charge in [0.2, 0.25) is 11.9 Å². The van der Waals surface area contributed by atoms with E-state index in [0.29, 0.717) is 13.1 Å². The molecule has 0 radical (unpaired) electrons. The molecule has 2 N–H and O–H groups in total. The van der Waals surface area contributed by atoms with Crippen LogP contribution in [0.5, 0.6) is 0 Å². The van der Waals surface area contributed by atoms with Crippen LogP contribution in [0.2, 0.25) is 0 Å². The molecular weight excluding hydrogens is 558 g/mol. The summed E-state index contributed by atoms with van der Waals surface area (Å²) in [5.74, 6) is 0.340. The van der Waals surface area contributed by atoms with E-state index in [0.717, 1.165) is 24.2 Å². The summed E-state index contributed by atoms with van der Waals surface area (Å²) in [5.41, 5.74) is 1.97. The molecule has 0 amide bonds. The summed E-state index contributed by atoms with van der Waals surface area (Å²) in [6.45, 7) is 0.827. The molecule has 0 atom stereocenters. The molecule has 0 bridgehead atoms. The number of rotatable bonds is 8. The van der Waals surface area contributed by atoms with Crippen molar-refractivity contribution in [1.29, 1.82) is 0 Å². The van der Waals surface area contributed by atoms with Crippen LogP contribution in [-0.2, 0) is 23.1 Å². The van der Waals surface area contributed by atoms with Crippen molar-refractivity contribution >= 4 is 53.8 Å². The highest BCUT2D eigenvalue weighted by Crippen LogP contribution is 2.21. The molecule has 4 rings (SSSR count). The minimum Gasteiger partial charge on any atom is -0.349 e. The highest BCUT2D eigenvalue weighted by atomic mass is 79.9. The second-order valence-corrected chi connectivity index (χ2v) is 10.5. The number of nitrogens with zero attached hydrogens (tertiary/aromatic N) is 3. The van der Waals surface area contributed by atoms with Gasteiger partial charge in [0.15, 0.2) is 0 Å². The maximum atomic E-state index is 13.2. The average molecular weight is 577 g/mol. The molecule has 7 nitrogen and oxygen atoms in total. The molecule has 1 heterocycles. The van der Waals surface area contributed by atoms with Gasteiger partial charge >= 0.3 is 0 Å². The molecule has 0 spiro atoms. The Kier molecular flexibility index (Phi) is 6.92. The lowest BCUT2D eigenvalue weighted by Gasteiger charge is -2.09. The van der Waals surface area contributed by atoms with Gasteiger partial charge in [-0.1, -0.05) is 74.3 Å². The van der Waals surface area contributed by atoms with E-state index in [9.17, 15) is 8.42 Å². The molecule has 3 aromatic carbocycles. The number of hydrogen-bond acceptors (Lipinski definition) is 6. The predicted molar refractivity (Wildman–Crippen MR) is 132 cm³/mol. The first-order valence-electron chi connectivity index (χ1n) is 9.66. The Labute approximate surface area is 203 Å². The summed E-state index contributed by atoms with van der Waals surface area (Å²) in [5, 5.41) is 10.5. The zero-order valence-electron chi connectivity index (χ0n) is 16.7. The first-order chi connectivity index (χ1) is 15.4. The van der Waals surface area contributed by atoms with E-state index in [1.807, 2.05) is 48.5 Å². The fourth-order valence-corrected chi connectivity index (χ4v) is 5.11. The molecule has 0 aliphatic rings. The van der Waals surface area contributed by atoms with Crippen molar-refractivity contribution in [3.8, 4) is 0 Å². The smallest absolute Gasteiger partial charge is 0.286 e. The molecule has 32 heavy (non-hydrogen) atoms. The van der Waals surface area contributed by atoms with E-state index in [-0.39, 0.29) is 16.8 Å². The van der Waals surface area contributed by atoms with E-state index >= 15 is 0 Å². The largest absolute Gasteiger partial charge is 0.349 e. The van der Waals surface area contributed by atoms with Gasteiger partial charge in [-0.25, -0.2) is 0 Å². The van der Waals surface area contributed by atoms with E-state index in [1.165, 1.54) is 12.1 Å². The maximum absolute atomic E-state index is 13.2. The predicted octanol–water partition coefficient (Wildman–Crippen LogP) is 5.26. The molecule has 0 fully saturated rings. The lowest BCUT2D eigenvalue weighted by Crippen LogP contribution is -2.18. The maximum Gasteiger partial charge on any atom is 0.286 e. The molecular formula is C22H19Br2N5O2S. The second kappa shape index (κ2) is 9.85. The number of hydrogen-bond donors (Lipinski definition) is 2. The van der Waals surface area contributed by atoms with Crippen LogP contribution >= 0.6 is 31.9 Å².